The van der Waals surface area contributed by atoms with Crippen molar-refractivity contribution in [2.45, 2.75) is 5.54 Å². The molecule has 0 bridgehead atoms. The zero-order valence-electron chi connectivity index (χ0n) is 9.31. The highest BCUT2D eigenvalue weighted by Gasteiger charge is 2.26. The first-order chi connectivity index (χ1) is 6.67. The second-order valence-corrected chi connectivity index (χ2v) is 3.49. The van der Waals surface area contributed by atoms with Crippen molar-refractivity contribution in [2.24, 2.45) is 0 Å². The number of hydrogen-bond acceptors (Lipinski definition) is 1. The zero-order chi connectivity index (χ0) is 10.6. The highest BCUT2D eigenvalue weighted by molar-refractivity contribution is 5.85. The molecule has 0 fully saturated rings. The van der Waals surface area contributed by atoms with Crippen LogP contribution >= 0.6 is 12.4 Å². The lowest BCUT2D eigenvalue weighted by Crippen LogP contribution is -2.37. The number of rotatable bonds is 4. The summed E-state index contributed by atoms with van der Waals surface area (Å²) >= 11 is 0. The van der Waals surface area contributed by atoms with Gasteiger partial charge < -0.3 is 0 Å². The first kappa shape index (κ1) is 13.9. The molecule has 0 N–H and O–H groups in total. The zero-order valence-corrected chi connectivity index (χ0v) is 10.1. The minimum Gasteiger partial charge on any atom is -0.293 e. The van der Waals surface area contributed by atoms with E-state index in [2.05, 4.69) is 30.2 Å². The van der Waals surface area contributed by atoms with Crippen molar-refractivity contribution in [3.8, 4) is 0 Å². The van der Waals surface area contributed by atoms with E-state index in [1.54, 1.807) is 0 Å². The van der Waals surface area contributed by atoms with Gasteiger partial charge in [0.25, 0.3) is 0 Å². The SMILES string of the molecule is C=CC(C=C)(c1ccccc1)N(C)C.Cl. The minimum absolute atomic E-state index is 0. The third-order valence-electron chi connectivity index (χ3n) is 2.60. The van der Waals surface area contributed by atoms with E-state index in [0.717, 1.165) is 0 Å². The van der Waals surface area contributed by atoms with Crippen LogP contribution in [0.2, 0.25) is 0 Å². The summed E-state index contributed by atoms with van der Waals surface area (Å²) in [5.74, 6) is 0. The Hall–Kier alpha value is -1.05. The number of halogens is 1. The lowest BCUT2D eigenvalue weighted by molar-refractivity contribution is 0.268. The third-order valence-corrected chi connectivity index (χ3v) is 2.60. The van der Waals surface area contributed by atoms with Gasteiger partial charge in [0, 0.05) is 0 Å². The smallest absolute Gasteiger partial charge is 0.0822 e. The van der Waals surface area contributed by atoms with Crippen LogP contribution in [0.15, 0.2) is 55.6 Å². The van der Waals surface area contributed by atoms with Crippen LogP contribution in [0.5, 0.6) is 0 Å². The van der Waals surface area contributed by atoms with Gasteiger partial charge in [0.15, 0.2) is 0 Å². The van der Waals surface area contributed by atoms with Crippen molar-refractivity contribution in [1.29, 1.82) is 0 Å². The molecule has 2 heteroatoms. The van der Waals surface area contributed by atoms with Gasteiger partial charge in [-0.1, -0.05) is 42.5 Å². The maximum atomic E-state index is 3.89. The summed E-state index contributed by atoms with van der Waals surface area (Å²) in [6.45, 7) is 7.78. The molecular formula is C13H18ClN. The van der Waals surface area contributed by atoms with Gasteiger partial charge in [0.05, 0.1) is 5.54 Å². The second kappa shape index (κ2) is 5.74. The van der Waals surface area contributed by atoms with Gasteiger partial charge in [-0.25, -0.2) is 0 Å². The van der Waals surface area contributed by atoms with Crippen LogP contribution in [0.25, 0.3) is 0 Å². The molecular weight excluding hydrogens is 206 g/mol. The van der Waals surface area contributed by atoms with Crippen molar-refractivity contribution in [3.05, 3.63) is 61.2 Å². The molecule has 82 valence electrons. The van der Waals surface area contributed by atoms with Crippen molar-refractivity contribution in [3.63, 3.8) is 0 Å². The molecule has 15 heavy (non-hydrogen) atoms. The maximum absolute atomic E-state index is 3.89. The highest BCUT2D eigenvalue weighted by atomic mass is 35.5. The molecule has 1 aromatic carbocycles. The molecule has 0 saturated heterocycles. The summed E-state index contributed by atoms with van der Waals surface area (Å²) in [6.07, 6.45) is 3.82. The van der Waals surface area contributed by atoms with Crippen LogP contribution < -0.4 is 0 Å². The van der Waals surface area contributed by atoms with Crippen molar-refractivity contribution in [1.82, 2.24) is 4.90 Å². The maximum Gasteiger partial charge on any atom is 0.0822 e. The summed E-state index contributed by atoms with van der Waals surface area (Å²) in [4.78, 5) is 2.10. The molecule has 0 saturated carbocycles. The molecule has 0 aliphatic carbocycles. The fourth-order valence-corrected chi connectivity index (χ4v) is 1.65. The lowest BCUT2D eigenvalue weighted by atomic mass is 9.89. The van der Waals surface area contributed by atoms with E-state index in [1.807, 2.05) is 44.4 Å². The Morgan fingerprint density at radius 2 is 1.53 bits per heavy atom. The number of nitrogens with zero attached hydrogens (tertiary/aromatic N) is 1. The Labute approximate surface area is 98.5 Å². The van der Waals surface area contributed by atoms with Gasteiger partial charge in [0.1, 0.15) is 0 Å². The molecule has 1 nitrogen and oxygen atoms in total. The van der Waals surface area contributed by atoms with E-state index in [1.165, 1.54) is 5.56 Å². The molecule has 0 spiro atoms. The predicted octanol–water partition coefficient (Wildman–Crippen LogP) is 3.24. The fraction of sp³-hybridized carbons (Fsp3) is 0.231. The average Bonchev–Trinajstić information content (AvgIpc) is 2.22. The van der Waals surface area contributed by atoms with Gasteiger partial charge in [-0.3, -0.25) is 4.90 Å². The molecule has 1 rings (SSSR count). The van der Waals surface area contributed by atoms with Crippen LogP contribution in [-0.2, 0) is 5.54 Å². The van der Waals surface area contributed by atoms with E-state index < -0.39 is 0 Å². The molecule has 0 radical (unpaired) electrons. The van der Waals surface area contributed by atoms with E-state index in [9.17, 15) is 0 Å². The average molecular weight is 224 g/mol. The lowest BCUT2D eigenvalue weighted by Gasteiger charge is -2.34. The summed E-state index contributed by atoms with van der Waals surface area (Å²) in [7, 11) is 4.05. The van der Waals surface area contributed by atoms with Crippen molar-refractivity contribution in [2.75, 3.05) is 14.1 Å². The van der Waals surface area contributed by atoms with E-state index in [4.69, 9.17) is 0 Å². The van der Waals surface area contributed by atoms with E-state index >= 15 is 0 Å². The summed E-state index contributed by atoms with van der Waals surface area (Å²) in [5, 5.41) is 0. The molecule has 0 aliphatic rings. The first-order valence-corrected chi connectivity index (χ1v) is 4.67. The largest absolute Gasteiger partial charge is 0.293 e. The van der Waals surface area contributed by atoms with Crippen LogP contribution in [0, 0.1) is 0 Å². The first-order valence-electron chi connectivity index (χ1n) is 4.67. The minimum atomic E-state index is -0.263. The van der Waals surface area contributed by atoms with Crippen LogP contribution in [0.3, 0.4) is 0 Å². The number of hydrogen-bond donors (Lipinski definition) is 0. The van der Waals surface area contributed by atoms with Crippen LogP contribution in [-0.4, -0.2) is 19.0 Å². The molecule has 0 aliphatic heterocycles. The van der Waals surface area contributed by atoms with Gasteiger partial charge >= 0.3 is 0 Å². The summed E-state index contributed by atoms with van der Waals surface area (Å²) in [6, 6.07) is 10.2. The van der Waals surface area contributed by atoms with Gasteiger partial charge in [-0.2, -0.15) is 0 Å². The summed E-state index contributed by atoms with van der Waals surface area (Å²) in [5.41, 5.74) is 0.927. The molecule has 0 amide bonds. The molecule has 1 aromatic rings. The highest BCUT2D eigenvalue weighted by Crippen LogP contribution is 2.28. The van der Waals surface area contributed by atoms with Gasteiger partial charge in [-0.15, -0.1) is 25.6 Å². The Kier molecular flexibility index (Phi) is 5.34. The van der Waals surface area contributed by atoms with E-state index in [-0.39, 0.29) is 17.9 Å². The van der Waals surface area contributed by atoms with Crippen LogP contribution in [0.4, 0.5) is 0 Å². The second-order valence-electron chi connectivity index (χ2n) is 3.49. The van der Waals surface area contributed by atoms with Crippen LogP contribution in [0.1, 0.15) is 5.56 Å². The van der Waals surface area contributed by atoms with Gasteiger partial charge in [0.2, 0.25) is 0 Å². The number of benzene rings is 1. The van der Waals surface area contributed by atoms with Crippen molar-refractivity contribution < 1.29 is 0 Å². The Morgan fingerprint density at radius 1 is 1.07 bits per heavy atom. The quantitative estimate of drug-likeness (QED) is 0.709. The topological polar surface area (TPSA) is 3.24 Å². The molecule has 0 heterocycles. The van der Waals surface area contributed by atoms with Gasteiger partial charge in [-0.05, 0) is 19.7 Å². The Bertz CT molecular complexity index is 309. The van der Waals surface area contributed by atoms with E-state index in [0.29, 0.717) is 0 Å². The van der Waals surface area contributed by atoms with Crippen molar-refractivity contribution >= 4 is 12.4 Å². The number of likely N-dealkylation sites (N-methyl/N-ethyl adjacent to an activating group) is 1. The molecule has 0 unspecified atom stereocenters. The fourth-order valence-electron chi connectivity index (χ4n) is 1.65. The predicted molar refractivity (Wildman–Crippen MR) is 69.4 cm³/mol. The standard InChI is InChI=1S/C13H17N.ClH/c1-5-13(6-2,14(3)4)12-10-8-7-9-11-12;/h5-11H,1-2H2,3-4H3;1H. The normalized spacial score (nSPS) is 10.6. The third kappa shape index (κ3) is 2.49. The monoisotopic (exact) mass is 223 g/mol. The Balaban J connectivity index is 0.00000196. The summed E-state index contributed by atoms with van der Waals surface area (Å²) < 4.78 is 0. The Morgan fingerprint density at radius 3 is 1.87 bits per heavy atom. The molecule has 0 atom stereocenters. The molecule has 0 aromatic heterocycles.